The van der Waals surface area contributed by atoms with Crippen molar-refractivity contribution in [2.24, 2.45) is 0 Å². The van der Waals surface area contributed by atoms with Gasteiger partial charge in [0.1, 0.15) is 0 Å². The number of rotatable bonds is 3. The predicted molar refractivity (Wildman–Crippen MR) is 67.2 cm³/mol. The van der Waals surface area contributed by atoms with Crippen LogP contribution >= 0.6 is 0 Å². The second kappa shape index (κ2) is 4.78. The molecule has 0 bridgehead atoms. The highest BCUT2D eigenvalue weighted by Gasteiger charge is 2.17. The highest BCUT2D eigenvalue weighted by atomic mass is 16.5. The maximum atomic E-state index is 5.06. The summed E-state index contributed by atoms with van der Waals surface area (Å²) in [4.78, 5) is 6.63. The minimum Gasteiger partial charge on any atom is -0.481 e. The van der Waals surface area contributed by atoms with E-state index >= 15 is 0 Å². The molecule has 18 heavy (non-hydrogen) atoms. The number of fused-ring (bicyclic) bond motifs is 1. The number of hydrogen-bond acceptors (Lipinski definition) is 4. The normalized spacial score (nSPS) is 15.4. The molecular formula is C13H16N4O. The molecule has 1 N–H and O–H groups in total. The molecule has 0 saturated heterocycles. The number of ether oxygens (including phenoxy) is 1. The Bertz CT molecular complexity index is 520. The van der Waals surface area contributed by atoms with Crippen molar-refractivity contribution in [3.8, 4) is 5.88 Å². The van der Waals surface area contributed by atoms with Crippen LogP contribution < -0.4 is 4.74 Å². The summed E-state index contributed by atoms with van der Waals surface area (Å²) >= 11 is 0. The molecule has 3 rings (SSSR count). The number of H-pyrrole nitrogens is 1. The fraction of sp³-hybridized carbons (Fsp3) is 0.385. The SMILES string of the molecule is COc1ccc(CN2CCc3[nH]ncc3C2)cn1. The van der Waals surface area contributed by atoms with Crippen LogP contribution in [0.3, 0.4) is 0 Å². The maximum Gasteiger partial charge on any atom is 0.212 e. The van der Waals surface area contributed by atoms with E-state index in [-0.39, 0.29) is 0 Å². The smallest absolute Gasteiger partial charge is 0.212 e. The molecule has 0 aromatic carbocycles. The van der Waals surface area contributed by atoms with E-state index in [4.69, 9.17) is 4.74 Å². The Morgan fingerprint density at radius 2 is 2.33 bits per heavy atom. The van der Waals surface area contributed by atoms with Crippen LogP contribution in [0.15, 0.2) is 24.5 Å². The lowest BCUT2D eigenvalue weighted by Gasteiger charge is -2.26. The molecule has 0 unspecified atom stereocenters. The number of aromatic amines is 1. The molecule has 0 radical (unpaired) electrons. The summed E-state index contributed by atoms with van der Waals surface area (Å²) in [7, 11) is 1.63. The van der Waals surface area contributed by atoms with E-state index in [9.17, 15) is 0 Å². The third kappa shape index (κ3) is 2.22. The van der Waals surface area contributed by atoms with Gasteiger partial charge in [-0.2, -0.15) is 5.10 Å². The van der Waals surface area contributed by atoms with Gasteiger partial charge in [-0.15, -0.1) is 0 Å². The lowest BCUT2D eigenvalue weighted by atomic mass is 10.1. The second-order valence-electron chi connectivity index (χ2n) is 4.54. The van der Waals surface area contributed by atoms with Crippen molar-refractivity contribution in [2.45, 2.75) is 19.5 Å². The van der Waals surface area contributed by atoms with E-state index in [1.165, 1.54) is 16.8 Å². The van der Waals surface area contributed by atoms with Crippen LogP contribution in [0.2, 0.25) is 0 Å². The molecular weight excluding hydrogens is 228 g/mol. The molecule has 1 aliphatic heterocycles. The summed E-state index contributed by atoms with van der Waals surface area (Å²) in [6.45, 7) is 2.93. The Kier molecular flexibility index (Phi) is 2.98. The number of pyridine rings is 1. The summed E-state index contributed by atoms with van der Waals surface area (Å²) in [5.41, 5.74) is 3.80. The summed E-state index contributed by atoms with van der Waals surface area (Å²) in [5.74, 6) is 0.662. The van der Waals surface area contributed by atoms with Gasteiger partial charge in [-0.05, 0) is 5.56 Å². The van der Waals surface area contributed by atoms with Gasteiger partial charge in [-0.25, -0.2) is 4.98 Å². The maximum absolute atomic E-state index is 5.06. The third-order valence-electron chi connectivity index (χ3n) is 3.29. The van der Waals surface area contributed by atoms with Gasteiger partial charge in [0.05, 0.1) is 13.3 Å². The molecule has 5 heteroatoms. The number of aromatic nitrogens is 3. The summed E-state index contributed by atoms with van der Waals surface area (Å²) in [6, 6.07) is 3.97. The molecule has 0 amide bonds. The minimum atomic E-state index is 0.662. The molecule has 0 saturated carbocycles. The fourth-order valence-electron chi connectivity index (χ4n) is 2.30. The van der Waals surface area contributed by atoms with E-state index in [1.54, 1.807) is 7.11 Å². The van der Waals surface area contributed by atoms with Crippen LogP contribution in [-0.4, -0.2) is 33.7 Å². The minimum absolute atomic E-state index is 0.662. The first-order chi connectivity index (χ1) is 8.85. The molecule has 2 aromatic heterocycles. The molecule has 0 atom stereocenters. The number of nitrogens with zero attached hydrogens (tertiary/aromatic N) is 3. The summed E-state index contributed by atoms with van der Waals surface area (Å²) in [6.07, 6.45) is 4.84. The molecule has 2 aromatic rings. The van der Waals surface area contributed by atoms with Crippen LogP contribution in [0.25, 0.3) is 0 Å². The van der Waals surface area contributed by atoms with Crippen molar-refractivity contribution >= 4 is 0 Å². The van der Waals surface area contributed by atoms with Gasteiger partial charge in [-0.1, -0.05) is 6.07 Å². The highest BCUT2D eigenvalue weighted by Crippen LogP contribution is 2.18. The lowest BCUT2D eigenvalue weighted by molar-refractivity contribution is 0.244. The Hall–Kier alpha value is -1.88. The zero-order valence-corrected chi connectivity index (χ0v) is 10.4. The lowest BCUT2D eigenvalue weighted by Crippen LogP contribution is -2.29. The van der Waals surface area contributed by atoms with Crippen molar-refractivity contribution in [1.82, 2.24) is 20.1 Å². The van der Waals surface area contributed by atoms with Gasteiger partial charge in [0.2, 0.25) is 5.88 Å². The topological polar surface area (TPSA) is 54.0 Å². The first-order valence-electron chi connectivity index (χ1n) is 6.07. The Morgan fingerprint density at radius 3 is 3.11 bits per heavy atom. The average Bonchev–Trinajstić information content (AvgIpc) is 2.87. The Labute approximate surface area is 106 Å². The molecule has 0 aliphatic carbocycles. The van der Waals surface area contributed by atoms with Gasteiger partial charge >= 0.3 is 0 Å². The quantitative estimate of drug-likeness (QED) is 0.886. The summed E-state index contributed by atoms with van der Waals surface area (Å²) < 4.78 is 5.06. The fourth-order valence-corrected chi connectivity index (χ4v) is 2.30. The molecule has 5 nitrogen and oxygen atoms in total. The highest BCUT2D eigenvalue weighted by molar-refractivity contribution is 5.21. The van der Waals surface area contributed by atoms with Gasteiger partial charge in [0.15, 0.2) is 0 Å². The van der Waals surface area contributed by atoms with Crippen molar-refractivity contribution < 1.29 is 4.74 Å². The van der Waals surface area contributed by atoms with E-state index in [2.05, 4.69) is 26.1 Å². The van der Waals surface area contributed by atoms with Crippen molar-refractivity contribution in [3.63, 3.8) is 0 Å². The van der Waals surface area contributed by atoms with E-state index in [1.807, 2.05) is 18.5 Å². The zero-order chi connectivity index (χ0) is 12.4. The van der Waals surface area contributed by atoms with Crippen molar-refractivity contribution in [3.05, 3.63) is 41.3 Å². The van der Waals surface area contributed by atoms with Crippen LogP contribution in [-0.2, 0) is 19.5 Å². The van der Waals surface area contributed by atoms with Crippen LogP contribution in [0.1, 0.15) is 16.8 Å². The predicted octanol–water partition coefficient (Wildman–Crippen LogP) is 1.37. The van der Waals surface area contributed by atoms with E-state index in [0.29, 0.717) is 5.88 Å². The van der Waals surface area contributed by atoms with Gasteiger partial charge in [0, 0.05) is 49.6 Å². The van der Waals surface area contributed by atoms with Crippen LogP contribution in [0.4, 0.5) is 0 Å². The summed E-state index contributed by atoms with van der Waals surface area (Å²) in [5, 5.41) is 7.14. The monoisotopic (exact) mass is 244 g/mol. The molecule has 0 spiro atoms. The number of nitrogens with one attached hydrogen (secondary N) is 1. The molecule has 94 valence electrons. The largest absolute Gasteiger partial charge is 0.481 e. The Balaban J connectivity index is 1.67. The van der Waals surface area contributed by atoms with E-state index in [0.717, 1.165) is 26.1 Å². The molecule has 0 fully saturated rings. The second-order valence-corrected chi connectivity index (χ2v) is 4.54. The van der Waals surface area contributed by atoms with Gasteiger partial charge in [-0.3, -0.25) is 10.00 Å². The van der Waals surface area contributed by atoms with Crippen molar-refractivity contribution in [1.29, 1.82) is 0 Å². The van der Waals surface area contributed by atoms with Crippen LogP contribution in [0.5, 0.6) is 5.88 Å². The number of hydrogen-bond donors (Lipinski definition) is 1. The number of methoxy groups -OCH3 is 1. The first kappa shape index (κ1) is 11.2. The molecule has 3 heterocycles. The Morgan fingerprint density at radius 1 is 1.39 bits per heavy atom. The van der Waals surface area contributed by atoms with Gasteiger partial charge < -0.3 is 4.74 Å². The van der Waals surface area contributed by atoms with Crippen LogP contribution in [0, 0.1) is 0 Å². The average molecular weight is 244 g/mol. The first-order valence-corrected chi connectivity index (χ1v) is 6.07. The van der Waals surface area contributed by atoms with Crippen molar-refractivity contribution in [2.75, 3.05) is 13.7 Å². The van der Waals surface area contributed by atoms with E-state index < -0.39 is 0 Å². The van der Waals surface area contributed by atoms with Gasteiger partial charge in [0.25, 0.3) is 0 Å². The standard InChI is InChI=1S/C13H16N4O/c1-18-13-3-2-10(6-14-13)8-17-5-4-12-11(9-17)7-15-16-12/h2-3,6-7H,4-5,8-9H2,1H3,(H,15,16). The zero-order valence-electron chi connectivity index (χ0n) is 10.4. The third-order valence-corrected chi connectivity index (χ3v) is 3.29. The molecule has 1 aliphatic rings.